The predicted octanol–water partition coefficient (Wildman–Crippen LogP) is 2.82. The number of pyridine rings is 1. The maximum Gasteiger partial charge on any atom is 0.272 e. The van der Waals surface area contributed by atoms with E-state index in [-0.39, 0.29) is 11.8 Å². The van der Waals surface area contributed by atoms with Crippen molar-refractivity contribution in [1.82, 2.24) is 15.2 Å². The molecule has 1 aliphatic rings. The van der Waals surface area contributed by atoms with Gasteiger partial charge in [-0.25, -0.2) is 0 Å². The number of rotatable bonds is 6. The normalized spacial score (nSPS) is 14.2. The molecule has 6 nitrogen and oxygen atoms in total. The van der Waals surface area contributed by atoms with Crippen LogP contribution in [0.5, 0.6) is 0 Å². The summed E-state index contributed by atoms with van der Waals surface area (Å²) in [6.45, 7) is 7.71. The van der Waals surface area contributed by atoms with Gasteiger partial charge >= 0.3 is 0 Å². The summed E-state index contributed by atoms with van der Waals surface area (Å²) in [7, 11) is 0. The van der Waals surface area contributed by atoms with Crippen LogP contribution in [0.3, 0.4) is 0 Å². The highest BCUT2D eigenvalue weighted by molar-refractivity contribution is 5.98. The number of benzene rings is 1. The van der Waals surface area contributed by atoms with E-state index < -0.39 is 0 Å². The molecule has 2 amide bonds. The van der Waals surface area contributed by atoms with Gasteiger partial charge in [0.1, 0.15) is 5.69 Å². The Hall–Kier alpha value is -2.89. The fraction of sp³-hybridized carbons (Fsp3) is 0.409. The fourth-order valence-corrected chi connectivity index (χ4v) is 3.23. The predicted molar refractivity (Wildman–Crippen MR) is 111 cm³/mol. The molecule has 0 bridgehead atoms. The van der Waals surface area contributed by atoms with Gasteiger partial charge in [-0.1, -0.05) is 32.0 Å². The van der Waals surface area contributed by atoms with E-state index in [1.807, 2.05) is 23.1 Å². The lowest BCUT2D eigenvalue weighted by Crippen LogP contribution is -2.49. The lowest BCUT2D eigenvalue weighted by molar-refractivity contribution is 0.0741. The van der Waals surface area contributed by atoms with Crippen LogP contribution in [0.2, 0.25) is 0 Å². The number of piperazine rings is 1. The summed E-state index contributed by atoms with van der Waals surface area (Å²) in [5, 5.41) is 2.90. The second-order valence-corrected chi connectivity index (χ2v) is 7.48. The van der Waals surface area contributed by atoms with Crippen molar-refractivity contribution < 1.29 is 9.59 Å². The highest BCUT2D eigenvalue weighted by atomic mass is 16.2. The number of carbonyl (C=O) groups is 2. The van der Waals surface area contributed by atoms with Crippen LogP contribution >= 0.6 is 0 Å². The van der Waals surface area contributed by atoms with E-state index in [4.69, 9.17) is 0 Å². The van der Waals surface area contributed by atoms with Gasteiger partial charge in [0.15, 0.2) is 0 Å². The first-order chi connectivity index (χ1) is 13.5. The maximum atomic E-state index is 12.8. The van der Waals surface area contributed by atoms with E-state index in [1.54, 1.807) is 12.1 Å². The number of nitrogens with zero attached hydrogens (tertiary/aromatic N) is 3. The minimum Gasteiger partial charge on any atom is -0.368 e. The lowest BCUT2D eigenvalue weighted by atomic mass is 10.1. The van der Waals surface area contributed by atoms with Crippen LogP contribution in [0.15, 0.2) is 48.7 Å². The SMILES string of the molecule is CC(C)CCNC(=O)c1ccnc(C(=O)N2CCN(c3ccccc3)CC2)c1. The molecule has 2 aromatic rings. The number of para-hydroxylation sites is 1. The minimum atomic E-state index is -0.161. The number of hydrogen-bond acceptors (Lipinski definition) is 4. The Balaban J connectivity index is 1.58. The molecule has 1 aromatic heterocycles. The summed E-state index contributed by atoms with van der Waals surface area (Å²) in [6, 6.07) is 13.5. The summed E-state index contributed by atoms with van der Waals surface area (Å²) in [5.41, 5.74) is 1.97. The third kappa shape index (κ3) is 5.09. The zero-order valence-electron chi connectivity index (χ0n) is 16.6. The van der Waals surface area contributed by atoms with E-state index >= 15 is 0 Å². The summed E-state index contributed by atoms with van der Waals surface area (Å²) >= 11 is 0. The van der Waals surface area contributed by atoms with Crippen LogP contribution < -0.4 is 10.2 Å². The highest BCUT2D eigenvalue weighted by Gasteiger charge is 2.23. The van der Waals surface area contributed by atoms with Crippen LogP contribution in [-0.2, 0) is 0 Å². The molecule has 28 heavy (non-hydrogen) atoms. The van der Waals surface area contributed by atoms with E-state index in [0.717, 1.165) is 19.5 Å². The highest BCUT2D eigenvalue weighted by Crippen LogP contribution is 2.16. The van der Waals surface area contributed by atoms with Gasteiger partial charge in [-0.15, -0.1) is 0 Å². The van der Waals surface area contributed by atoms with Crippen molar-refractivity contribution in [2.24, 2.45) is 5.92 Å². The minimum absolute atomic E-state index is 0.121. The van der Waals surface area contributed by atoms with Crippen molar-refractivity contribution in [3.05, 3.63) is 59.9 Å². The molecule has 0 saturated carbocycles. The third-order valence-electron chi connectivity index (χ3n) is 4.94. The molecule has 0 atom stereocenters. The van der Waals surface area contributed by atoms with Crippen molar-refractivity contribution >= 4 is 17.5 Å². The Labute approximate surface area is 166 Å². The molecule has 0 radical (unpaired) electrons. The number of carbonyl (C=O) groups excluding carboxylic acids is 2. The van der Waals surface area contributed by atoms with Gasteiger partial charge in [0.2, 0.25) is 0 Å². The third-order valence-corrected chi connectivity index (χ3v) is 4.94. The number of hydrogen-bond donors (Lipinski definition) is 1. The van der Waals surface area contributed by atoms with Gasteiger partial charge in [-0.2, -0.15) is 0 Å². The molecule has 1 aliphatic heterocycles. The van der Waals surface area contributed by atoms with Crippen molar-refractivity contribution in [2.75, 3.05) is 37.6 Å². The van der Waals surface area contributed by atoms with Gasteiger partial charge in [0.25, 0.3) is 11.8 Å². The molecule has 0 spiro atoms. The molecule has 1 N–H and O–H groups in total. The van der Waals surface area contributed by atoms with Crippen LogP contribution in [0, 0.1) is 5.92 Å². The molecule has 2 heterocycles. The maximum absolute atomic E-state index is 12.8. The molecule has 1 fully saturated rings. The fourth-order valence-electron chi connectivity index (χ4n) is 3.23. The standard InChI is InChI=1S/C22H28N4O2/c1-17(2)8-10-24-21(27)18-9-11-23-20(16-18)22(28)26-14-12-25(13-15-26)19-6-4-3-5-7-19/h3-7,9,11,16-17H,8,10,12-15H2,1-2H3,(H,24,27). The number of anilines is 1. The number of amides is 2. The summed E-state index contributed by atoms with van der Waals surface area (Å²) < 4.78 is 0. The van der Waals surface area contributed by atoms with Crippen molar-refractivity contribution in [3.63, 3.8) is 0 Å². The molecule has 1 aromatic carbocycles. The van der Waals surface area contributed by atoms with Crippen molar-refractivity contribution in [3.8, 4) is 0 Å². The van der Waals surface area contributed by atoms with E-state index in [9.17, 15) is 9.59 Å². The Bertz CT molecular complexity index is 799. The van der Waals surface area contributed by atoms with Crippen LogP contribution in [0.4, 0.5) is 5.69 Å². The lowest BCUT2D eigenvalue weighted by Gasteiger charge is -2.36. The summed E-state index contributed by atoms with van der Waals surface area (Å²) in [6.07, 6.45) is 2.46. The van der Waals surface area contributed by atoms with Gasteiger partial charge < -0.3 is 15.1 Å². The zero-order valence-corrected chi connectivity index (χ0v) is 16.6. The Morgan fingerprint density at radius 3 is 2.46 bits per heavy atom. The van der Waals surface area contributed by atoms with Gasteiger partial charge in [-0.3, -0.25) is 14.6 Å². The van der Waals surface area contributed by atoms with Gasteiger partial charge in [-0.05, 0) is 36.6 Å². The van der Waals surface area contributed by atoms with Gasteiger partial charge in [0, 0.05) is 50.2 Å². The smallest absolute Gasteiger partial charge is 0.272 e. The van der Waals surface area contributed by atoms with Crippen molar-refractivity contribution in [1.29, 1.82) is 0 Å². The average molecular weight is 380 g/mol. The second-order valence-electron chi connectivity index (χ2n) is 7.48. The van der Waals surface area contributed by atoms with E-state index in [1.165, 1.54) is 11.9 Å². The second kappa shape index (κ2) is 9.35. The topological polar surface area (TPSA) is 65.5 Å². The van der Waals surface area contributed by atoms with Crippen molar-refractivity contribution in [2.45, 2.75) is 20.3 Å². The van der Waals surface area contributed by atoms with Crippen LogP contribution in [0.1, 0.15) is 41.1 Å². The number of aromatic nitrogens is 1. The number of nitrogens with one attached hydrogen (secondary N) is 1. The first kappa shape index (κ1) is 19.9. The van der Waals surface area contributed by atoms with E-state index in [0.29, 0.717) is 36.8 Å². The monoisotopic (exact) mass is 380 g/mol. The quantitative estimate of drug-likeness (QED) is 0.837. The molecule has 3 rings (SSSR count). The molecule has 6 heteroatoms. The van der Waals surface area contributed by atoms with Gasteiger partial charge in [0.05, 0.1) is 0 Å². The molecule has 0 aliphatic carbocycles. The molecule has 1 saturated heterocycles. The zero-order chi connectivity index (χ0) is 19.9. The largest absolute Gasteiger partial charge is 0.368 e. The Morgan fingerprint density at radius 1 is 1.07 bits per heavy atom. The first-order valence-corrected chi connectivity index (χ1v) is 9.88. The first-order valence-electron chi connectivity index (χ1n) is 9.88. The molecular formula is C22H28N4O2. The van der Waals surface area contributed by atoms with Crippen LogP contribution in [-0.4, -0.2) is 54.4 Å². The Kier molecular flexibility index (Phi) is 6.63. The molecule has 0 unspecified atom stereocenters. The summed E-state index contributed by atoms with van der Waals surface area (Å²) in [5.74, 6) is 0.250. The summed E-state index contributed by atoms with van der Waals surface area (Å²) in [4.78, 5) is 33.4. The molecule has 148 valence electrons. The molecular weight excluding hydrogens is 352 g/mol. The Morgan fingerprint density at radius 2 is 1.79 bits per heavy atom. The average Bonchev–Trinajstić information content (AvgIpc) is 2.74. The van der Waals surface area contributed by atoms with Crippen LogP contribution in [0.25, 0.3) is 0 Å². The van der Waals surface area contributed by atoms with E-state index in [2.05, 4.69) is 41.2 Å².